The summed E-state index contributed by atoms with van der Waals surface area (Å²) in [4.78, 5) is 11.4. The molecule has 0 spiro atoms. The molecular formula is C12H12ClNO3. The van der Waals surface area contributed by atoms with Crippen LogP contribution in [-0.4, -0.2) is 13.1 Å². The van der Waals surface area contributed by atoms with E-state index in [9.17, 15) is 4.79 Å². The van der Waals surface area contributed by atoms with Gasteiger partial charge in [0.1, 0.15) is 0 Å². The minimum absolute atomic E-state index is 0.159. The molecular weight excluding hydrogens is 242 g/mol. The number of methoxy groups -OCH3 is 1. The van der Waals surface area contributed by atoms with E-state index in [1.54, 1.807) is 0 Å². The quantitative estimate of drug-likeness (QED) is 0.611. The average molecular weight is 254 g/mol. The predicted molar refractivity (Wildman–Crippen MR) is 63.3 cm³/mol. The van der Waals surface area contributed by atoms with Crippen molar-refractivity contribution in [3.63, 3.8) is 0 Å². The molecule has 1 aromatic carbocycles. The van der Waals surface area contributed by atoms with Gasteiger partial charge in [0.15, 0.2) is 11.5 Å². The first-order valence-electron chi connectivity index (χ1n) is 5.10. The van der Waals surface area contributed by atoms with E-state index >= 15 is 0 Å². The molecule has 0 bridgehead atoms. The summed E-state index contributed by atoms with van der Waals surface area (Å²) in [5, 5.41) is 8.95. The van der Waals surface area contributed by atoms with Gasteiger partial charge in [0.05, 0.1) is 23.8 Å². The first-order valence-corrected chi connectivity index (χ1v) is 5.48. The number of carbonyl (C=O) groups is 1. The lowest BCUT2D eigenvalue weighted by Gasteiger charge is -2.10. The van der Waals surface area contributed by atoms with Gasteiger partial charge in [-0.2, -0.15) is 5.26 Å². The molecule has 0 aliphatic heterocycles. The summed E-state index contributed by atoms with van der Waals surface area (Å²) in [6.07, 6.45) is 0.995. The van der Waals surface area contributed by atoms with Crippen LogP contribution in [0.2, 0.25) is 5.02 Å². The van der Waals surface area contributed by atoms with Gasteiger partial charge in [0.25, 0.3) is 0 Å². The zero-order chi connectivity index (χ0) is 12.8. The van der Waals surface area contributed by atoms with Gasteiger partial charge in [0, 0.05) is 12.5 Å². The molecule has 0 N–H and O–H groups in total. The molecule has 4 nitrogen and oxygen atoms in total. The van der Waals surface area contributed by atoms with Gasteiger partial charge in [-0.25, -0.2) is 0 Å². The number of esters is 1. The van der Waals surface area contributed by atoms with Crippen LogP contribution in [0, 0.1) is 11.3 Å². The predicted octanol–water partition coefficient (Wildman–Crippen LogP) is 2.93. The number of rotatable bonds is 4. The average Bonchev–Trinajstić information content (AvgIpc) is 2.31. The Kier molecular flexibility index (Phi) is 4.80. The van der Waals surface area contributed by atoms with Crippen LogP contribution in [0.25, 0.3) is 0 Å². The first kappa shape index (κ1) is 13.3. The van der Waals surface area contributed by atoms with Crippen LogP contribution in [0.1, 0.15) is 25.3 Å². The van der Waals surface area contributed by atoms with Crippen molar-refractivity contribution in [2.24, 2.45) is 0 Å². The molecule has 0 atom stereocenters. The summed E-state index contributed by atoms with van der Waals surface area (Å²) in [5.74, 6) is 0.0579. The Morgan fingerprint density at radius 2 is 2.24 bits per heavy atom. The number of halogens is 1. The molecule has 0 aliphatic carbocycles. The second kappa shape index (κ2) is 6.12. The molecule has 0 aliphatic rings. The van der Waals surface area contributed by atoms with Gasteiger partial charge in [-0.15, -0.1) is 0 Å². The van der Waals surface area contributed by atoms with E-state index in [1.807, 2.05) is 13.0 Å². The molecule has 1 rings (SSSR count). The van der Waals surface area contributed by atoms with Gasteiger partial charge in [-0.3, -0.25) is 4.79 Å². The number of hydrogen-bond acceptors (Lipinski definition) is 4. The fourth-order valence-corrected chi connectivity index (χ4v) is 1.50. The second-order valence-electron chi connectivity index (χ2n) is 3.33. The number of hydrogen-bond donors (Lipinski definition) is 0. The maximum absolute atomic E-state index is 11.4. The highest BCUT2D eigenvalue weighted by atomic mass is 35.5. The molecule has 0 fully saturated rings. The van der Waals surface area contributed by atoms with Gasteiger partial charge in [-0.05, 0) is 12.5 Å². The van der Waals surface area contributed by atoms with Gasteiger partial charge < -0.3 is 9.47 Å². The zero-order valence-corrected chi connectivity index (χ0v) is 10.4. The first-order chi connectivity index (χ1) is 8.12. The molecule has 90 valence electrons. The van der Waals surface area contributed by atoms with E-state index in [2.05, 4.69) is 0 Å². The number of nitrogens with zero attached hydrogens (tertiary/aromatic N) is 1. The maximum atomic E-state index is 11.4. The number of carbonyl (C=O) groups excluding carboxylic acids is 1. The maximum Gasteiger partial charge on any atom is 0.311 e. The minimum Gasteiger partial charge on any atom is -0.493 e. The zero-order valence-electron chi connectivity index (χ0n) is 9.62. The van der Waals surface area contributed by atoms with Gasteiger partial charge in [-0.1, -0.05) is 18.5 Å². The van der Waals surface area contributed by atoms with Crippen molar-refractivity contribution in [3.05, 3.63) is 22.7 Å². The Morgan fingerprint density at radius 1 is 1.53 bits per heavy atom. The lowest BCUT2D eigenvalue weighted by atomic mass is 10.2. The van der Waals surface area contributed by atoms with Crippen LogP contribution in [0.15, 0.2) is 12.1 Å². The van der Waals surface area contributed by atoms with Crippen LogP contribution in [-0.2, 0) is 4.79 Å². The highest BCUT2D eigenvalue weighted by molar-refractivity contribution is 6.32. The Balaban J connectivity index is 3.06. The van der Waals surface area contributed by atoms with E-state index in [4.69, 9.17) is 26.3 Å². The van der Waals surface area contributed by atoms with Gasteiger partial charge in [0.2, 0.25) is 0 Å². The summed E-state index contributed by atoms with van der Waals surface area (Å²) in [6.45, 7) is 1.87. The fraction of sp³-hybridized carbons (Fsp3) is 0.333. The van der Waals surface area contributed by atoms with Crippen LogP contribution < -0.4 is 9.47 Å². The standard InChI is InChI=1S/C12H12ClNO3/c1-3-4-11(15)17-12-9(13)5-8(7-14)6-10(12)16-2/h5-6H,3-4H2,1-2H3. The molecule has 0 unspecified atom stereocenters. The summed E-state index contributed by atoms with van der Waals surface area (Å²) in [5.41, 5.74) is 0.349. The summed E-state index contributed by atoms with van der Waals surface area (Å²) in [6, 6.07) is 4.85. The Labute approximate surface area is 105 Å². The van der Waals surface area contributed by atoms with Crippen LogP contribution in [0.4, 0.5) is 0 Å². The molecule has 0 heterocycles. The van der Waals surface area contributed by atoms with Crippen molar-refractivity contribution < 1.29 is 14.3 Å². The summed E-state index contributed by atoms with van der Waals surface area (Å²) < 4.78 is 10.1. The van der Waals surface area contributed by atoms with E-state index in [0.717, 1.165) is 0 Å². The molecule has 0 amide bonds. The Bertz CT molecular complexity index is 466. The van der Waals surface area contributed by atoms with Crippen LogP contribution in [0.3, 0.4) is 0 Å². The summed E-state index contributed by atoms with van der Waals surface area (Å²) in [7, 11) is 1.42. The number of benzene rings is 1. The summed E-state index contributed by atoms with van der Waals surface area (Å²) >= 11 is 5.93. The van der Waals surface area contributed by atoms with E-state index in [-0.39, 0.29) is 22.5 Å². The monoisotopic (exact) mass is 253 g/mol. The van der Waals surface area contributed by atoms with E-state index < -0.39 is 0 Å². The lowest BCUT2D eigenvalue weighted by molar-refractivity contribution is -0.134. The fourth-order valence-electron chi connectivity index (χ4n) is 1.25. The highest BCUT2D eigenvalue weighted by Gasteiger charge is 2.15. The van der Waals surface area contributed by atoms with E-state index in [1.165, 1.54) is 19.2 Å². The Hall–Kier alpha value is -1.73. The molecule has 0 saturated heterocycles. The molecule has 1 aromatic rings. The van der Waals surface area contributed by atoms with Crippen LogP contribution in [0.5, 0.6) is 11.5 Å². The molecule has 5 heteroatoms. The molecule has 17 heavy (non-hydrogen) atoms. The minimum atomic E-state index is -0.377. The topological polar surface area (TPSA) is 59.3 Å². The third-order valence-electron chi connectivity index (χ3n) is 2.03. The number of nitriles is 1. The van der Waals surface area contributed by atoms with Crippen molar-refractivity contribution in [1.82, 2.24) is 0 Å². The molecule has 0 radical (unpaired) electrons. The second-order valence-corrected chi connectivity index (χ2v) is 3.73. The van der Waals surface area contributed by atoms with Crippen molar-refractivity contribution in [3.8, 4) is 17.6 Å². The normalized spacial score (nSPS) is 9.53. The van der Waals surface area contributed by atoms with Crippen molar-refractivity contribution >= 4 is 17.6 Å². The molecule has 0 aromatic heterocycles. The number of ether oxygens (including phenoxy) is 2. The van der Waals surface area contributed by atoms with E-state index in [0.29, 0.717) is 18.4 Å². The SMILES string of the molecule is CCCC(=O)Oc1c(Cl)cc(C#N)cc1OC. The van der Waals surface area contributed by atoms with Crippen molar-refractivity contribution in [1.29, 1.82) is 5.26 Å². The third-order valence-corrected chi connectivity index (χ3v) is 2.31. The van der Waals surface area contributed by atoms with Crippen molar-refractivity contribution in [2.45, 2.75) is 19.8 Å². The largest absolute Gasteiger partial charge is 0.493 e. The van der Waals surface area contributed by atoms with Gasteiger partial charge >= 0.3 is 5.97 Å². The molecule has 0 saturated carbocycles. The Morgan fingerprint density at radius 3 is 2.76 bits per heavy atom. The van der Waals surface area contributed by atoms with Crippen molar-refractivity contribution in [2.75, 3.05) is 7.11 Å². The lowest BCUT2D eigenvalue weighted by Crippen LogP contribution is -2.08. The third kappa shape index (κ3) is 3.36. The van der Waals surface area contributed by atoms with Crippen LogP contribution >= 0.6 is 11.6 Å². The smallest absolute Gasteiger partial charge is 0.311 e. The highest BCUT2D eigenvalue weighted by Crippen LogP contribution is 2.36.